The van der Waals surface area contributed by atoms with E-state index in [0.717, 1.165) is 5.76 Å². The van der Waals surface area contributed by atoms with Gasteiger partial charge in [0, 0.05) is 19.0 Å². The van der Waals surface area contributed by atoms with Crippen LogP contribution in [0.25, 0.3) is 0 Å². The molecule has 0 N–H and O–H groups in total. The van der Waals surface area contributed by atoms with Gasteiger partial charge in [-0.3, -0.25) is 0 Å². The number of ether oxygens (including phenoxy) is 1. The summed E-state index contributed by atoms with van der Waals surface area (Å²) in [6.45, 7) is 13.4. The molecular weight excluding hydrogens is 202 g/mol. The molecule has 1 amide bonds. The zero-order valence-electron chi connectivity index (χ0n) is 11.5. The first kappa shape index (κ1) is 13.1. The van der Waals surface area contributed by atoms with Crippen LogP contribution in [0.2, 0.25) is 0 Å². The van der Waals surface area contributed by atoms with Gasteiger partial charge in [-0.15, -0.1) is 0 Å². The molecule has 0 aromatic heterocycles. The van der Waals surface area contributed by atoms with Crippen LogP contribution in [-0.2, 0) is 4.74 Å². The average Bonchev–Trinajstić information content (AvgIpc) is 2.05. The maximum Gasteiger partial charge on any atom is 0.414 e. The van der Waals surface area contributed by atoms with Crippen molar-refractivity contribution in [3.8, 4) is 0 Å². The maximum absolute atomic E-state index is 11.6. The predicted molar refractivity (Wildman–Crippen MR) is 65.0 cm³/mol. The van der Waals surface area contributed by atoms with Gasteiger partial charge in [-0.05, 0) is 11.0 Å². The fourth-order valence-corrected chi connectivity index (χ4v) is 1.78. The summed E-state index contributed by atoms with van der Waals surface area (Å²) in [5.41, 5.74) is 1.11. The third kappa shape index (κ3) is 2.57. The van der Waals surface area contributed by atoms with E-state index in [4.69, 9.17) is 4.74 Å². The molecule has 3 heteroatoms. The summed E-state index contributed by atoms with van der Waals surface area (Å²) in [6, 6.07) is 0. The number of carbonyl (C=O) groups is 1. The topological polar surface area (TPSA) is 29.5 Å². The van der Waals surface area contributed by atoms with Crippen molar-refractivity contribution in [1.82, 2.24) is 4.90 Å². The number of carbonyl (C=O) groups excluding carboxylic acids is 1. The Balaban J connectivity index is 3.26. The lowest BCUT2D eigenvalue weighted by molar-refractivity contribution is 0.100. The summed E-state index contributed by atoms with van der Waals surface area (Å²) in [5.74, 6) is 0.836. The predicted octanol–water partition coefficient (Wildman–Crippen LogP) is 3.41. The van der Waals surface area contributed by atoms with Crippen molar-refractivity contribution < 1.29 is 9.53 Å². The first-order valence-electron chi connectivity index (χ1n) is 5.70. The molecule has 1 rings (SSSR count). The molecule has 0 bridgehead atoms. The van der Waals surface area contributed by atoms with E-state index in [1.54, 1.807) is 11.9 Å². The minimum Gasteiger partial charge on any atom is -0.414 e. The summed E-state index contributed by atoms with van der Waals surface area (Å²) in [5, 5.41) is 0. The molecule has 0 spiro atoms. The van der Waals surface area contributed by atoms with Crippen LogP contribution in [0.3, 0.4) is 0 Å². The fraction of sp³-hybridized carbons (Fsp3) is 0.769. The normalized spacial score (nSPS) is 18.9. The van der Waals surface area contributed by atoms with Crippen molar-refractivity contribution in [2.75, 3.05) is 13.6 Å². The van der Waals surface area contributed by atoms with Gasteiger partial charge in [0.2, 0.25) is 0 Å². The molecule has 0 aromatic carbocycles. The molecule has 0 atom stereocenters. The van der Waals surface area contributed by atoms with Crippen LogP contribution in [0, 0.1) is 10.8 Å². The van der Waals surface area contributed by atoms with Crippen LogP contribution < -0.4 is 0 Å². The summed E-state index contributed by atoms with van der Waals surface area (Å²) in [6.07, 6.45) is -0.252. The van der Waals surface area contributed by atoms with Crippen molar-refractivity contribution in [2.45, 2.75) is 41.5 Å². The largest absolute Gasteiger partial charge is 0.414 e. The van der Waals surface area contributed by atoms with Gasteiger partial charge in [-0.25, -0.2) is 4.79 Å². The monoisotopic (exact) mass is 225 g/mol. The van der Waals surface area contributed by atoms with Crippen LogP contribution >= 0.6 is 0 Å². The van der Waals surface area contributed by atoms with E-state index in [1.165, 1.54) is 5.57 Å². The van der Waals surface area contributed by atoms with Gasteiger partial charge in [0.1, 0.15) is 5.76 Å². The SMILES string of the molecule is CN1CC(C(C)(C)C)=C(C(C)(C)C)OC1=O. The number of cyclic esters (lactones) is 1. The highest BCUT2D eigenvalue weighted by atomic mass is 16.6. The number of hydrogen-bond donors (Lipinski definition) is 0. The molecule has 0 radical (unpaired) electrons. The number of hydrogen-bond acceptors (Lipinski definition) is 2. The number of amides is 1. The zero-order chi connectivity index (χ0) is 12.7. The molecule has 0 saturated carbocycles. The summed E-state index contributed by atoms with van der Waals surface area (Å²) in [4.78, 5) is 13.2. The standard InChI is InChI=1S/C13H23NO2/c1-12(2,3)9-8-14(7)11(15)16-10(9)13(4,5)6/h8H2,1-7H3. The van der Waals surface area contributed by atoms with Crippen LogP contribution in [0.5, 0.6) is 0 Å². The van der Waals surface area contributed by atoms with Crippen molar-refractivity contribution in [2.24, 2.45) is 10.8 Å². The van der Waals surface area contributed by atoms with E-state index in [-0.39, 0.29) is 16.9 Å². The van der Waals surface area contributed by atoms with Crippen molar-refractivity contribution in [1.29, 1.82) is 0 Å². The summed E-state index contributed by atoms with van der Waals surface area (Å²) < 4.78 is 5.47. The molecular formula is C13H23NO2. The second-order valence-corrected chi connectivity index (χ2v) is 6.53. The van der Waals surface area contributed by atoms with Gasteiger partial charge in [0.15, 0.2) is 0 Å². The second kappa shape index (κ2) is 3.79. The van der Waals surface area contributed by atoms with Crippen LogP contribution in [0.15, 0.2) is 11.3 Å². The van der Waals surface area contributed by atoms with Gasteiger partial charge in [0.25, 0.3) is 0 Å². The first-order valence-corrected chi connectivity index (χ1v) is 5.70. The van der Waals surface area contributed by atoms with E-state index in [9.17, 15) is 4.79 Å². The van der Waals surface area contributed by atoms with Crippen LogP contribution in [-0.4, -0.2) is 24.6 Å². The lowest BCUT2D eigenvalue weighted by Gasteiger charge is -2.38. The molecule has 3 nitrogen and oxygen atoms in total. The smallest absolute Gasteiger partial charge is 0.414 e. The minimum atomic E-state index is -0.252. The molecule has 92 valence electrons. The van der Waals surface area contributed by atoms with Gasteiger partial charge in [-0.1, -0.05) is 41.5 Å². The van der Waals surface area contributed by atoms with Gasteiger partial charge < -0.3 is 9.64 Å². The fourth-order valence-electron chi connectivity index (χ4n) is 1.78. The third-order valence-electron chi connectivity index (χ3n) is 2.76. The van der Waals surface area contributed by atoms with E-state index in [1.807, 2.05) is 0 Å². The Morgan fingerprint density at radius 2 is 1.56 bits per heavy atom. The highest BCUT2D eigenvalue weighted by Gasteiger charge is 2.36. The first-order chi connectivity index (χ1) is 7.03. The second-order valence-electron chi connectivity index (χ2n) is 6.53. The van der Waals surface area contributed by atoms with Crippen molar-refractivity contribution >= 4 is 6.09 Å². The van der Waals surface area contributed by atoms with Gasteiger partial charge in [0.05, 0.1) is 0 Å². The molecule has 0 saturated heterocycles. The molecule has 1 heterocycles. The highest BCUT2D eigenvalue weighted by Crippen LogP contribution is 2.39. The molecule has 1 aliphatic heterocycles. The Kier molecular flexibility index (Phi) is 3.10. The number of nitrogens with zero attached hydrogens (tertiary/aromatic N) is 1. The van der Waals surface area contributed by atoms with Crippen LogP contribution in [0.1, 0.15) is 41.5 Å². The van der Waals surface area contributed by atoms with Crippen molar-refractivity contribution in [3.05, 3.63) is 11.3 Å². The lowest BCUT2D eigenvalue weighted by atomic mass is 9.79. The Morgan fingerprint density at radius 1 is 1.06 bits per heavy atom. The highest BCUT2D eigenvalue weighted by molar-refractivity contribution is 5.71. The van der Waals surface area contributed by atoms with E-state index < -0.39 is 0 Å². The molecule has 0 aromatic rings. The lowest BCUT2D eigenvalue weighted by Crippen LogP contribution is -2.40. The Morgan fingerprint density at radius 3 is 1.94 bits per heavy atom. The van der Waals surface area contributed by atoms with E-state index in [2.05, 4.69) is 41.5 Å². The number of rotatable bonds is 0. The Labute approximate surface area is 98.5 Å². The van der Waals surface area contributed by atoms with Crippen LogP contribution in [0.4, 0.5) is 4.79 Å². The molecule has 0 aliphatic carbocycles. The summed E-state index contributed by atoms with van der Waals surface area (Å²) >= 11 is 0. The van der Waals surface area contributed by atoms with E-state index >= 15 is 0 Å². The number of allylic oxidation sites excluding steroid dienone is 1. The quantitative estimate of drug-likeness (QED) is 0.632. The third-order valence-corrected chi connectivity index (χ3v) is 2.76. The summed E-state index contributed by atoms with van der Waals surface area (Å²) in [7, 11) is 1.77. The molecule has 0 fully saturated rings. The van der Waals surface area contributed by atoms with Gasteiger partial charge >= 0.3 is 6.09 Å². The Hall–Kier alpha value is -0.990. The number of likely N-dealkylation sites (N-methyl/N-ethyl adjacent to an activating group) is 1. The molecule has 16 heavy (non-hydrogen) atoms. The minimum absolute atomic E-state index is 0.0254. The van der Waals surface area contributed by atoms with Crippen molar-refractivity contribution in [3.63, 3.8) is 0 Å². The zero-order valence-corrected chi connectivity index (χ0v) is 11.5. The molecule has 0 unspecified atom stereocenters. The maximum atomic E-state index is 11.6. The molecule has 1 aliphatic rings. The Bertz CT molecular complexity index is 329. The van der Waals surface area contributed by atoms with E-state index in [0.29, 0.717) is 6.54 Å². The van der Waals surface area contributed by atoms with Gasteiger partial charge in [-0.2, -0.15) is 0 Å². The average molecular weight is 225 g/mol.